The molecule has 2 N–H and O–H groups in total. The molecule has 0 unspecified atom stereocenters. The van der Waals surface area contributed by atoms with Crippen LogP contribution in [0.4, 0.5) is 5.82 Å². The van der Waals surface area contributed by atoms with Crippen LogP contribution < -0.4 is 15.2 Å². The molecule has 1 heterocycles. The lowest BCUT2D eigenvalue weighted by atomic mass is 10.1. The summed E-state index contributed by atoms with van der Waals surface area (Å²) in [6.45, 7) is 1.89. The second-order valence-corrected chi connectivity index (χ2v) is 4.20. The second kappa shape index (κ2) is 5.56. The molecule has 0 spiro atoms. The Hall–Kier alpha value is -2.30. The van der Waals surface area contributed by atoms with Gasteiger partial charge in [-0.25, -0.2) is 9.97 Å². The number of ether oxygens (including phenoxy) is 2. The van der Waals surface area contributed by atoms with E-state index in [1.54, 1.807) is 20.3 Å². The van der Waals surface area contributed by atoms with E-state index < -0.39 is 0 Å². The molecule has 0 fully saturated rings. The van der Waals surface area contributed by atoms with Gasteiger partial charge in [-0.15, -0.1) is 0 Å². The molecule has 0 aliphatic heterocycles. The number of methoxy groups -OCH3 is 2. The van der Waals surface area contributed by atoms with Crippen molar-refractivity contribution in [2.45, 2.75) is 13.3 Å². The molecule has 0 bridgehead atoms. The van der Waals surface area contributed by atoms with Crippen LogP contribution in [0.2, 0.25) is 0 Å². The summed E-state index contributed by atoms with van der Waals surface area (Å²) in [6, 6.07) is 7.38. The van der Waals surface area contributed by atoms with E-state index in [1.807, 2.05) is 25.1 Å². The highest BCUT2D eigenvalue weighted by atomic mass is 16.5. The highest BCUT2D eigenvalue weighted by Gasteiger charge is 2.09. The maximum absolute atomic E-state index is 5.73. The lowest BCUT2D eigenvalue weighted by Crippen LogP contribution is -2.03. The first-order chi connectivity index (χ1) is 9.12. The standard InChI is InChI=1S/C14H17N3O2/c1-9-6-13(15)17-14(16-9)8-10-7-11(18-2)4-5-12(10)19-3/h4-7H,8H2,1-3H3,(H2,15,16,17). The number of benzene rings is 1. The first kappa shape index (κ1) is 13.1. The van der Waals surface area contributed by atoms with Crippen LogP contribution >= 0.6 is 0 Å². The van der Waals surface area contributed by atoms with Crippen molar-refractivity contribution in [3.8, 4) is 11.5 Å². The van der Waals surface area contributed by atoms with Crippen LogP contribution in [0.15, 0.2) is 24.3 Å². The lowest BCUT2D eigenvalue weighted by Gasteiger charge is -2.10. The fraction of sp³-hybridized carbons (Fsp3) is 0.286. The molecule has 1 aromatic heterocycles. The third-order valence-corrected chi connectivity index (χ3v) is 2.76. The molecule has 2 aromatic rings. The SMILES string of the molecule is COc1ccc(OC)c(Cc2nc(C)cc(N)n2)c1. The van der Waals surface area contributed by atoms with Gasteiger partial charge < -0.3 is 15.2 Å². The van der Waals surface area contributed by atoms with Gasteiger partial charge in [0.1, 0.15) is 23.1 Å². The van der Waals surface area contributed by atoms with Crippen LogP contribution in [0.1, 0.15) is 17.1 Å². The largest absolute Gasteiger partial charge is 0.497 e. The minimum Gasteiger partial charge on any atom is -0.497 e. The third kappa shape index (κ3) is 3.13. The Bertz CT molecular complexity index is 565. The zero-order chi connectivity index (χ0) is 13.8. The van der Waals surface area contributed by atoms with Crippen LogP contribution in [0.25, 0.3) is 0 Å². The predicted molar refractivity (Wildman–Crippen MR) is 73.5 cm³/mol. The normalized spacial score (nSPS) is 10.3. The summed E-state index contributed by atoms with van der Waals surface area (Å²) < 4.78 is 10.6. The fourth-order valence-corrected chi connectivity index (χ4v) is 1.93. The van der Waals surface area contributed by atoms with Gasteiger partial charge in [-0.2, -0.15) is 0 Å². The van der Waals surface area contributed by atoms with Crippen molar-refractivity contribution in [3.05, 3.63) is 41.3 Å². The monoisotopic (exact) mass is 259 g/mol. The molecule has 0 atom stereocenters. The smallest absolute Gasteiger partial charge is 0.135 e. The van der Waals surface area contributed by atoms with E-state index in [1.165, 1.54) is 0 Å². The van der Waals surface area contributed by atoms with Crippen molar-refractivity contribution < 1.29 is 9.47 Å². The first-order valence-electron chi connectivity index (χ1n) is 5.93. The summed E-state index contributed by atoms with van der Waals surface area (Å²) in [5.74, 6) is 2.70. The van der Waals surface area contributed by atoms with E-state index >= 15 is 0 Å². The van der Waals surface area contributed by atoms with Crippen molar-refractivity contribution >= 4 is 5.82 Å². The number of nitrogens with zero attached hydrogens (tertiary/aromatic N) is 2. The molecule has 0 amide bonds. The molecule has 1 aromatic carbocycles. The third-order valence-electron chi connectivity index (χ3n) is 2.76. The number of anilines is 1. The summed E-state index contributed by atoms with van der Waals surface area (Å²) in [6.07, 6.45) is 0.548. The van der Waals surface area contributed by atoms with Gasteiger partial charge in [0.05, 0.1) is 14.2 Å². The number of rotatable bonds is 4. The van der Waals surface area contributed by atoms with Crippen LogP contribution in [0, 0.1) is 6.92 Å². The van der Waals surface area contributed by atoms with Crippen LogP contribution in [0.5, 0.6) is 11.5 Å². The Kier molecular flexibility index (Phi) is 3.85. The van der Waals surface area contributed by atoms with E-state index in [4.69, 9.17) is 15.2 Å². The van der Waals surface area contributed by atoms with E-state index in [-0.39, 0.29) is 0 Å². The maximum atomic E-state index is 5.73. The number of nitrogen functional groups attached to an aromatic ring is 1. The van der Waals surface area contributed by atoms with Crippen LogP contribution in [0.3, 0.4) is 0 Å². The van der Waals surface area contributed by atoms with Gasteiger partial charge >= 0.3 is 0 Å². The van der Waals surface area contributed by atoms with E-state index in [2.05, 4.69) is 9.97 Å². The molecule has 0 radical (unpaired) electrons. The average Bonchev–Trinajstić information content (AvgIpc) is 2.37. The minimum atomic E-state index is 0.476. The Morgan fingerprint density at radius 1 is 1.11 bits per heavy atom. The van der Waals surface area contributed by atoms with Gasteiger partial charge in [0.2, 0.25) is 0 Å². The summed E-state index contributed by atoms with van der Waals surface area (Å²) in [5, 5.41) is 0. The van der Waals surface area contributed by atoms with Gasteiger partial charge in [0, 0.05) is 23.7 Å². The number of aryl methyl sites for hydroxylation is 1. The predicted octanol–water partition coefficient (Wildman–Crippen LogP) is 1.98. The van der Waals surface area contributed by atoms with Gasteiger partial charge in [0.25, 0.3) is 0 Å². The zero-order valence-corrected chi connectivity index (χ0v) is 11.3. The van der Waals surface area contributed by atoms with Crippen molar-refractivity contribution in [2.75, 3.05) is 20.0 Å². The minimum absolute atomic E-state index is 0.476. The highest BCUT2D eigenvalue weighted by Crippen LogP contribution is 2.25. The fourth-order valence-electron chi connectivity index (χ4n) is 1.93. The molecule has 0 saturated heterocycles. The quantitative estimate of drug-likeness (QED) is 0.909. The molecule has 5 nitrogen and oxygen atoms in total. The summed E-state index contributed by atoms with van der Waals surface area (Å²) in [7, 11) is 3.27. The molecular formula is C14H17N3O2. The lowest BCUT2D eigenvalue weighted by molar-refractivity contribution is 0.399. The molecule has 2 rings (SSSR count). The number of nitrogens with two attached hydrogens (primary N) is 1. The summed E-state index contributed by atoms with van der Waals surface area (Å²) in [5.41, 5.74) is 7.55. The Morgan fingerprint density at radius 2 is 1.89 bits per heavy atom. The molecule has 0 saturated carbocycles. The van der Waals surface area contributed by atoms with Crippen LogP contribution in [-0.4, -0.2) is 24.2 Å². The molecule has 19 heavy (non-hydrogen) atoms. The molecule has 0 aliphatic carbocycles. The Balaban J connectivity index is 2.35. The summed E-state index contributed by atoms with van der Waals surface area (Å²) >= 11 is 0. The van der Waals surface area contributed by atoms with Gasteiger partial charge in [-0.05, 0) is 25.1 Å². The van der Waals surface area contributed by atoms with Gasteiger partial charge in [0.15, 0.2) is 0 Å². The summed E-state index contributed by atoms with van der Waals surface area (Å²) in [4.78, 5) is 8.60. The van der Waals surface area contributed by atoms with Gasteiger partial charge in [-0.3, -0.25) is 0 Å². The molecule has 0 aliphatic rings. The molecule has 100 valence electrons. The number of hydrogen-bond donors (Lipinski definition) is 1. The average molecular weight is 259 g/mol. The number of aromatic nitrogens is 2. The van der Waals surface area contributed by atoms with Gasteiger partial charge in [-0.1, -0.05) is 0 Å². The van der Waals surface area contributed by atoms with E-state index in [0.717, 1.165) is 22.8 Å². The second-order valence-electron chi connectivity index (χ2n) is 4.20. The number of hydrogen-bond acceptors (Lipinski definition) is 5. The van der Waals surface area contributed by atoms with Crippen molar-refractivity contribution in [2.24, 2.45) is 0 Å². The van der Waals surface area contributed by atoms with Crippen molar-refractivity contribution in [1.82, 2.24) is 9.97 Å². The first-order valence-corrected chi connectivity index (χ1v) is 5.93. The van der Waals surface area contributed by atoms with E-state index in [9.17, 15) is 0 Å². The Labute approximate surface area is 112 Å². The van der Waals surface area contributed by atoms with E-state index in [0.29, 0.717) is 18.1 Å². The van der Waals surface area contributed by atoms with Crippen LogP contribution in [-0.2, 0) is 6.42 Å². The van der Waals surface area contributed by atoms with Crippen molar-refractivity contribution in [1.29, 1.82) is 0 Å². The maximum Gasteiger partial charge on any atom is 0.135 e. The van der Waals surface area contributed by atoms with Crippen molar-refractivity contribution in [3.63, 3.8) is 0 Å². The molecular weight excluding hydrogens is 242 g/mol. The Morgan fingerprint density at radius 3 is 2.53 bits per heavy atom. The topological polar surface area (TPSA) is 70.3 Å². The molecule has 5 heteroatoms. The zero-order valence-electron chi connectivity index (χ0n) is 11.3. The highest BCUT2D eigenvalue weighted by molar-refractivity contribution is 5.42.